The van der Waals surface area contributed by atoms with E-state index in [2.05, 4.69) is 9.97 Å². The van der Waals surface area contributed by atoms with Gasteiger partial charge in [0.1, 0.15) is 4.83 Å². The Morgan fingerprint density at radius 3 is 3.00 bits per heavy atom. The summed E-state index contributed by atoms with van der Waals surface area (Å²) in [5.41, 5.74) is 0. The van der Waals surface area contributed by atoms with E-state index >= 15 is 0 Å². The third kappa shape index (κ3) is 2.32. The number of ether oxygens (including phenoxy) is 1. The number of hydrogen-bond acceptors (Lipinski definition) is 4. The lowest BCUT2D eigenvalue weighted by molar-refractivity contribution is 0.0804. The molecule has 3 nitrogen and oxygen atoms in total. The van der Waals surface area contributed by atoms with Crippen molar-refractivity contribution in [3.8, 4) is 5.88 Å². The van der Waals surface area contributed by atoms with Gasteiger partial charge in [-0.25, -0.2) is 13.8 Å². The second kappa shape index (κ2) is 4.24. The largest absolute Gasteiger partial charge is 0.471 e. The normalized spacial score (nSPS) is 11.2. The molecule has 80 valence electrons. The number of alkyl halides is 2. The fourth-order valence-electron chi connectivity index (χ4n) is 1.06. The number of nitrogens with zero attached hydrogens (tertiary/aromatic N) is 2. The van der Waals surface area contributed by atoms with Gasteiger partial charge in [0.25, 0.3) is 6.43 Å². The third-order valence-electron chi connectivity index (χ3n) is 1.61. The van der Waals surface area contributed by atoms with Crippen LogP contribution in [0.25, 0.3) is 10.2 Å². The predicted octanol–water partition coefficient (Wildman–Crippen LogP) is 2.99. The van der Waals surface area contributed by atoms with E-state index in [1.165, 1.54) is 11.3 Å². The summed E-state index contributed by atoms with van der Waals surface area (Å²) in [4.78, 5) is 8.30. The van der Waals surface area contributed by atoms with E-state index in [1.807, 2.05) is 0 Å². The molecule has 0 aliphatic heterocycles. The van der Waals surface area contributed by atoms with Crippen LogP contribution in [-0.4, -0.2) is 23.0 Å². The zero-order valence-electron chi connectivity index (χ0n) is 7.28. The molecule has 7 heteroatoms. The molecule has 15 heavy (non-hydrogen) atoms. The molecule has 0 radical (unpaired) electrons. The second-order valence-corrected chi connectivity index (χ2v) is 3.87. The number of halogens is 3. The molecule has 0 bridgehead atoms. The zero-order chi connectivity index (χ0) is 10.8. The minimum Gasteiger partial charge on any atom is -0.471 e. The highest BCUT2D eigenvalue weighted by Gasteiger charge is 2.11. The van der Waals surface area contributed by atoms with Gasteiger partial charge in [-0.1, -0.05) is 0 Å². The van der Waals surface area contributed by atoms with Crippen molar-refractivity contribution < 1.29 is 13.5 Å². The van der Waals surface area contributed by atoms with Crippen molar-refractivity contribution in [1.82, 2.24) is 9.97 Å². The van der Waals surface area contributed by atoms with Gasteiger partial charge in [0.2, 0.25) is 11.2 Å². The number of hydrogen-bond donors (Lipinski definition) is 0. The quantitative estimate of drug-likeness (QED) is 0.786. The van der Waals surface area contributed by atoms with Crippen molar-refractivity contribution >= 4 is 33.2 Å². The van der Waals surface area contributed by atoms with Crippen LogP contribution in [0.3, 0.4) is 0 Å². The molecule has 0 aliphatic carbocycles. The molecule has 0 saturated heterocycles. The molecule has 2 heterocycles. The first-order valence-electron chi connectivity index (χ1n) is 3.98. The lowest BCUT2D eigenvalue weighted by Crippen LogP contribution is -2.08. The predicted molar refractivity (Wildman–Crippen MR) is 53.9 cm³/mol. The van der Waals surface area contributed by atoms with Crippen LogP contribution in [0.4, 0.5) is 8.78 Å². The summed E-state index contributed by atoms with van der Waals surface area (Å²) in [7, 11) is 0. The maximum absolute atomic E-state index is 11.9. The van der Waals surface area contributed by atoms with Crippen LogP contribution in [0, 0.1) is 0 Å². The van der Waals surface area contributed by atoms with Gasteiger partial charge in [0.05, 0.1) is 5.39 Å². The molecule has 0 fully saturated rings. The molecule has 2 aromatic heterocycles. The Balaban J connectivity index is 2.35. The van der Waals surface area contributed by atoms with Gasteiger partial charge in [0, 0.05) is 0 Å². The van der Waals surface area contributed by atoms with E-state index < -0.39 is 13.0 Å². The van der Waals surface area contributed by atoms with E-state index in [0.717, 1.165) is 0 Å². The summed E-state index contributed by atoms with van der Waals surface area (Å²) in [6, 6.07) is 1.71. The monoisotopic (exact) mass is 250 g/mol. The minimum atomic E-state index is -2.53. The fourth-order valence-corrected chi connectivity index (χ4v) is 2.02. The Hall–Kier alpha value is -1.01. The fraction of sp³-hybridized carbons (Fsp3) is 0.250. The highest BCUT2D eigenvalue weighted by Crippen LogP contribution is 2.28. The van der Waals surface area contributed by atoms with E-state index in [0.29, 0.717) is 10.2 Å². The van der Waals surface area contributed by atoms with Crippen LogP contribution in [-0.2, 0) is 0 Å². The highest BCUT2D eigenvalue weighted by molar-refractivity contribution is 7.16. The molecule has 0 unspecified atom stereocenters. The lowest BCUT2D eigenvalue weighted by Gasteiger charge is -2.05. The number of aromatic nitrogens is 2. The Morgan fingerprint density at radius 1 is 1.47 bits per heavy atom. The topological polar surface area (TPSA) is 35.0 Å². The van der Waals surface area contributed by atoms with Crippen molar-refractivity contribution in [2.45, 2.75) is 6.43 Å². The maximum atomic E-state index is 11.9. The van der Waals surface area contributed by atoms with E-state index in [4.69, 9.17) is 16.3 Å². The molecule has 0 aliphatic rings. The zero-order valence-corrected chi connectivity index (χ0v) is 8.86. The summed E-state index contributed by atoms with van der Waals surface area (Å²) >= 11 is 6.96. The van der Waals surface area contributed by atoms with Gasteiger partial charge in [-0.05, 0) is 23.0 Å². The van der Waals surface area contributed by atoms with Crippen molar-refractivity contribution in [1.29, 1.82) is 0 Å². The summed E-state index contributed by atoms with van der Waals surface area (Å²) < 4.78 is 28.7. The average Bonchev–Trinajstić information content (AvgIpc) is 2.61. The Bertz CT molecular complexity index is 477. The molecule has 0 atom stereocenters. The Labute approximate surface area is 92.7 Å². The number of fused-ring (bicyclic) bond motifs is 1. The van der Waals surface area contributed by atoms with Crippen LogP contribution in [0.2, 0.25) is 5.28 Å². The molecule has 0 N–H and O–H groups in total. The molecular weight excluding hydrogens is 246 g/mol. The number of thiophene rings is 1. The van der Waals surface area contributed by atoms with Gasteiger partial charge in [0.15, 0.2) is 6.61 Å². The van der Waals surface area contributed by atoms with Crippen LogP contribution in [0.5, 0.6) is 5.88 Å². The number of rotatable bonds is 3. The van der Waals surface area contributed by atoms with Crippen LogP contribution >= 0.6 is 22.9 Å². The highest BCUT2D eigenvalue weighted by atomic mass is 35.5. The van der Waals surface area contributed by atoms with Crippen molar-refractivity contribution in [2.24, 2.45) is 0 Å². The van der Waals surface area contributed by atoms with Crippen LogP contribution in [0.15, 0.2) is 11.4 Å². The lowest BCUT2D eigenvalue weighted by atomic mass is 10.4. The van der Waals surface area contributed by atoms with Crippen molar-refractivity contribution in [3.05, 3.63) is 16.7 Å². The molecule has 0 saturated carbocycles. The van der Waals surface area contributed by atoms with E-state index in [1.54, 1.807) is 11.4 Å². The van der Waals surface area contributed by atoms with Gasteiger partial charge in [-0.15, -0.1) is 11.3 Å². The molecular formula is C8H5ClF2N2OS. The Kier molecular flexibility index (Phi) is 2.97. The second-order valence-electron chi connectivity index (χ2n) is 2.64. The summed E-state index contributed by atoms with van der Waals surface area (Å²) in [5, 5.41) is 2.37. The first-order chi connectivity index (χ1) is 7.16. The van der Waals surface area contributed by atoms with Crippen LogP contribution < -0.4 is 4.74 Å². The molecule has 2 rings (SSSR count). The molecule has 0 aromatic carbocycles. The average molecular weight is 251 g/mol. The van der Waals surface area contributed by atoms with Gasteiger partial charge < -0.3 is 4.74 Å². The van der Waals surface area contributed by atoms with Gasteiger partial charge in [-0.2, -0.15) is 4.98 Å². The first kappa shape index (κ1) is 10.5. The molecule has 2 aromatic rings. The van der Waals surface area contributed by atoms with Gasteiger partial charge in [-0.3, -0.25) is 0 Å². The standard InChI is InChI=1S/C8H5ClF2N2OS/c9-8-12-6(14-3-5(10)11)4-1-2-15-7(4)13-8/h1-2,5H,3H2. The molecule has 0 spiro atoms. The first-order valence-corrected chi connectivity index (χ1v) is 5.24. The Morgan fingerprint density at radius 2 is 2.27 bits per heavy atom. The maximum Gasteiger partial charge on any atom is 0.272 e. The SMILES string of the molecule is FC(F)COc1nc(Cl)nc2sccc12. The third-order valence-corrected chi connectivity index (χ3v) is 2.58. The van der Waals surface area contributed by atoms with Crippen LogP contribution in [0.1, 0.15) is 0 Å². The van der Waals surface area contributed by atoms with E-state index in [-0.39, 0.29) is 11.2 Å². The van der Waals surface area contributed by atoms with E-state index in [9.17, 15) is 8.78 Å². The van der Waals surface area contributed by atoms with Crippen molar-refractivity contribution in [3.63, 3.8) is 0 Å². The smallest absolute Gasteiger partial charge is 0.272 e. The minimum absolute atomic E-state index is 0.00536. The van der Waals surface area contributed by atoms with Crippen molar-refractivity contribution in [2.75, 3.05) is 6.61 Å². The van der Waals surface area contributed by atoms with Gasteiger partial charge >= 0.3 is 0 Å². The molecule has 0 amide bonds. The summed E-state index contributed by atoms with van der Waals surface area (Å²) in [6.07, 6.45) is -2.53. The summed E-state index contributed by atoms with van der Waals surface area (Å²) in [5.74, 6) is 0.103. The summed E-state index contributed by atoms with van der Waals surface area (Å²) in [6.45, 7) is -0.696.